The van der Waals surface area contributed by atoms with Crippen LogP contribution in [0.15, 0.2) is 0 Å². The third-order valence-corrected chi connectivity index (χ3v) is 2.75. The molecule has 0 aliphatic carbocycles. The quantitative estimate of drug-likeness (QED) is 0.776. The molecule has 5 nitrogen and oxygen atoms in total. The molecule has 5 heteroatoms. The lowest BCUT2D eigenvalue weighted by atomic mass is 10.0. The highest BCUT2D eigenvalue weighted by molar-refractivity contribution is 5.80. The summed E-state index contributed by atoms with van der Waals surface area (Å²) in [6.45, 7) is 8.12. The predicted molar refractivity (Wildman–Crippen MR) is 67.0 cm³/mol. The molecule has 0 aliphatic rings. The van der Waals surface area contributed by atoms with Gasteiger partial charge in [0.1, 0.15) is 6.54 Å². The molecule has 100 valence electrons. The Balaban J connectivity index is 4.49. The van der Waals surface area contributed by atoms with Gasteiger partial charge in [0.15, 0.2) is 0 Å². The van der Waals surface area contributed by atoms with E-state index in [1.165, 1.54) is 4.90 Å². The van der Waals surface area contributed by atoms with Crippen LogP contribution in [0.3, 0.4) is 0 Å². The van der Waals surface area contributed by atoms with Gasteiger partial charge in [0, 0.05) is 19.6 Å². The molecule has 0 rings (SSSR count). The minimum absolute atomic E-state index is 0.116. The second-order valence-electron chi connectivity index (χ2n) is 4.78. The first-order valence-corrected chi connectivity index (χ1v) is 6.03. The van der Waals surface area contributed by atoms with Crippen molar-refractivity contribution in [3.8, 4) is 0 Å². The summed E-state index contributed by atoms with van der Waals surface area (Å²) in [5.41, 5.74) is 0. The van der Waals surface area contributed by atoms with Crippen LogP contribution in [0.25, 0.3) is 0 Å². The maximum atomic E-state index is 12.0. The molecule has 0 aromatic heterocycles. The molecule has 0 saturated heterocycles. The second kappa shape index (κ2) is 7.14. The van der Waals surface area contributed by atoms with Gasteiger partial charge in [-0.05, 0) is 26.2 Å². The van der Waals surface area contributed by atoms with Crippen molar-refractivity contribution in [1.29, 1.82) is 0 Å². The summed E-state index contributed by atoms with van der Waals surface area (Å²) in [5.74, 6) is -0.472. The molecule has 0 heterocycles. The highest BCUT2D eigenvalue weighted by atomic mass is 16.4. The standard InChI is InChI=1S/C12H24N2O3/c1-6-14(8-11(15)16)12(17)13(5)10(4)7-9(2)3/h9-10H,6-8H2,1-5H3,(H,15,16). The lowest BCUT2D eigenvalue weighted by Crippen LogP contribution is -2.47. The monoisotopic (exact) mass is 244 g/mol. The van der Waals surface area contributed by atoms with Gasteiger partial charge < -0.3 is 14.9 Å². The van der Waals surface area contributed by atoms with Gasteiger partial charge in [-0.25, -0.2) is 4.79 Å². The van der Waals surface area contributed by atoms with Gasteiger partial charge in [0.05, 0.1) is 0 Å². The van der Waals surface area contributed by atoms with E-state index in [0.29, 0.717) is 12.5 Å². The van der Waals surface area contributed by atoms with Crippen LogP contribution in [-0.2, 0) is 4.79 Å². The summed E-state index contributed by atoms with van der Waals surface area (Å²) >= 11 is 0. The summed E-state index contributed by atoms with van der Waals surface area (Å²) in [7, 11) is 1.72. The fraction of sp³-hybridized carbons (Fsp3) is 0.833. The Bertz CT molecular complexity index is 266. The Labute approximate surface area is 103 Å². The summed E-state index contributed by atoms with van der Waals surface area (Å²) in [6, 6.07) is -0.103. The molecule has 0 spiro atoms. The van der Waals surface area contributed by atoms with Gasteiger partial charge in [0.25, 0.3) is 0 Å². The number of carbonyl (C=O) groups excluding carboxylic acids is 1. The van der Waals surface area contributed by atoms with Crippen molar-refractivity contribution in [3.05, 3.63) is 0 Å². The van der Waals surface area contributed by atoms with E-state index in [9.17, 15) is 9.59 Å². The SMILES string of the molecule is CCN(CC(=O)O)C(=O)N(C)C(C)CC(C)C. The van der Waals surface area contributed by atoms with Gasteiger partial charge in [-0.2, -0.15) is 0 Å². The number of carboxylic acid groups (broad SMARTS) is 1. The fourth-order valence-corrected chi connectivity index (χ4v) is 1.73. The third kappa shape index (κ3) is 5.56. The summed E-state index contributed by atoms with van der Waals surface area (Å²) in [4.78, 5) is 25.6. The molecular weight excluding hydrogens is 220 g/mol. The topological polar surface area (TPSA) is 60.9 Å². The molecule has 1 atom stereocenters. The smallest absolute Gasteiger partial charge is 0.323 e. The van der Waals surface area contributed by atoms with Crippen LogP contribution in [0, 0.1) is 5.92 Å². The number of likely N-dealkylation sites (N-methyl/N-ethyl adjacent to an activating group) is 1. The minimum Gasteiger partial charge on any atom is -0.480 e. The van der Waals surface area contributed by atoms with Crippen molar-refractivity contribution < 1.29 is 14.7 Å². The largest absolute Gasteiger partial charge is 0.480 e. The van der Waals surface area contributed by atoms with Crippen LogP contribution in [0.5, 0.6) is 0 Å². The van der Waals surface area contributed by atoms with E-state index in [2.05, 4.69) is 13.8 Å². The van der Waals surface area contributed by atoms with Crippen molar-refractivity contribution in [2.45, 2.75) is 40.2 Å². The van der Waals surface area contributed by atoms with E-state index in [1.54, 1.807) is 18.9 Å². The van der Waals surface area contributed by atoms with Crippen LogP contribution in [-0.4, -0.2) is 53.1 Å². The number of aliphatic carboxylic acids is 1. The first-order valence-electron chi connectivity index (χ1n) is 6.03. The van der Waals surface area contributed by atoms with Crippen molar-refractivity contribution >= 4 is 12.0 Å². The molecule has 0 aromatic rings. The van der Waals surface area contributed by atoms with Crippen molar-refractivity contribution in [2.75, 3.05) is 20.1 Å². The lowest BCUT2D eigenvalue weighted by molar-refractivity contribution is -0.137. The number of urea groups is 1. The maximum absolute atomic E-state index is 12.0. The molecule has 1 N–H and O–H groups in total. The molecule has 0 bridgehead atoms. The van der Waals surface area contributed by atoms with E-state index in [-0.39, 0.29) is 18.6 Å². The Hall–Kier alpha value is -1.26. The molecule has 0 aromatic carbocycles. The van der Waals surface area contributed by atoms with E-state index in [1.807, 2.05) is 6.92 Å². The first-order chi connectivity index (χ1) is 7.79. The first kappa shape index (κ1) is 15.7. The van der Waals surface area contributed by atoms with E-state index in [0.717, 1.165) is 6.42 Å². The fourth-order valence-electron chi connectivity index (χ4n) is 1.73. The van der Waals surface area contributed by atoms with E-state index < -0.39 is 5.97 Å². The van der Waals surface area contributed by atoms with Crippen LogP contribution < -0.4 is 0 Å². The predicted octanol–water partition coefficient (Wildman–Crippen LogP) is 1.88. The van der Waals surface area contributed by atoms with Crippen LogP contribution >= 0.6 is 0 Å². The average molecular weight is 244 g/mol. The molecule has 1 unspecified atom stereocenters. The number of hydrogen-bond donors (Lipinski definition) is 1. The van der Waals surface area contributed by atoms with Crippen LogP contribution in [0.2, 0.25) is 0 Å². The zero-order valence-corrected chi connectivity index (χ0v) is 11.4. The van der Waals surface area contributed by atoms with Crippen LogP contribution in [0.1, 0.15) is 34.1 Å². The van der Waals surface area contributed by atoms with Gasteiger partial charge in [-0.15, -0.1) is 0 Å². The van der Waals surface area contributed by atoms with Gasteiger partial charge in [-0.1, -0.05) is 13.8 Å². The van der Waals surface area contributed by atoms with Crippen molar-refractivity contribution in [1.82, 2.24) is 9.80 Å². The molecule has 0 saturated carbocycles. The Kier molecular flexibility index (Phi) is 6.61. The van der Waals surface area contributed by atoms with Gasteiger partial charge >= 0.3 is 12.0 Å². The molecule has 17 heavy (non-hydrogen) atoms. The Morgan fingerprint density at radius 3 is 2.12 bits per heavy atom. The summed E-state index contributed by atoms with van der Waals surface area (Å²) in [6.07, 6.45) is 0.910. The molecular formula is C12H24N2O3. The minimum atomic E-state index is -0.981. The van der Waals surface area contributed by atoms with Crippen molar-refractivity contribution in [2.24, 2.45) is 5.92 Å². The van der Waals surface area contributed by atoms with Gasteiger partial charge in [-0.3, -0.25) is 4.79 Å². The number of carboxylic acids is 1. The average Bonchev–Trinajstić information content (AvgIpc) is 2.22. The van der Waals surface area contributed by atoms with Crippen molar-refractivity contribution in [3.63, 3.8) is 0 Å². The van der Waals surface area contributed by atoms with Crippen LogP contribution in [0.4, 0.5) is 4.79 Å². The second-order valence-corrected chi connectivity index (χ2v) is 4.78. The third-order valence-electron chi connectivity index (χ3n) is 2.75. The summed E-state index contributed by atoms with van der Waals surface area (Å²) < 4.78 is 0. The molecule has 0 aliphatic heterocycles. The number of amides is 2. The number of carbonyl (C=O) groups is 2. The molecule has 0 fully saturated rings. The summed E-state index contributed by atoms with van der Waals surface area (Å²) in [5, 5.41) is 8.72. The van der Waals surface area contributed by atoms with E-state index in [4.69, 9.17) is 5.11 Å². The number of hydrogen-bond acceptors (Lipinski definition) is 2. The molecule has 2 amide bonds. The highest BCUT2D eigenvalue weighted by Gasteiger charge is 2.22. The number of nitrogens with zero attached hydrogens (tertiary/aromatic N) is 2. The molecule has 0 radical (unpaired) electrons. The number of rotatable bonds is 6. The maximum Gasteiger partial charge on any atom is 0.323 e. The zero-order chi connectivity index (χ0) is 13.6. The Morgan fingerprint density at radius 1 is 1.24 bits per heavy atom. The highest BCUT2D eigenvalue weighted by Crippen LogP contribution is 2.11. The lowest BCUT2D eigenvalue weighted by Gasteiger charge is -2.31. The van der Waals surface area contributed by atoms with Gasteiger partial charge in [0.2, 0.25) is 0 Å². The van der Waals surface area contributed by atoms with E-state index >= 15 is 0 Å². The normalized spacial score (nSPS) is 12.4. The Morgan fingerprint density at radius 2 is 1.76 bits per heavy atom. The zero-order valence-electron chi connectivity index (χ0n) is 11.4.